The van der Waals surface area contributed by atoms with Gasteiger partial charge >= 0.3 is 0 Å². The lowest BCUT2D eigenvalue weighted by molar-refractivity contribution is 0.0455. The van der Waals surface area contributed by atoms with Gasteiger partial charge in [-0.15, -0.1) is 0 Å². The molecule has 0 unspecified atom stereocenters. The number of nitriles is 1. The zero-order valence-electron chi connectivity index (χ0n) is 24.4. The van der Waals surface area contributed by atoms with Crippen LogP contribution in [0.3, 0.4) is 0 Å². The fourth-order valence-electron chi connectivity index (χ4n) is 5.43. The molecule has 3 aromatic heterocycles. The molecule has 1 aliphatic carbocycles. The Balaban J connectivity index is 1.10. The number of rotatable bonds is 12. The second-order valence-electron chi connectivity index (χ2n) is 11.3. The van der Waals surface area contributed by atoms with Gasteiger partial charge in [0.05, 0.1) is 35.0 Å². The molecule has 1 aliphatic heterocycles. The number of halogens is 2. The highest BCUT2D eigenvalue weighted by Crippen LogP contribution is 2.32. The maximum absolute atomic E-state index is 13.1. The van der Waals surface area contributed by atoms with Crippen molar-refractivity contribution in [3.63, 3.8) is 0 Å². The summed E-state index contributed by atoms with van der Waals surface area (Å²) in [6, 6.07) is 10.6. The maximum atomic E-state index is 13.1. The third-order valence-electron chi connectivity index (χ3n) is 7.99. The fraction of sp³-hybridized carbons (Fsp3) is 0.452. The summed E-state index contributed by atoms with van der Waals surface area (Å²) < 4.78 is 24.1. The first kappa shape index (κ1) is 31.4. The molecule has 44 heavy (non-hydrogen) atoms. The van der Waals surface area contributed by atoms with Gasteiger partial charge in [0, 0.05) is 49.3 Å². The van der Waals surface area contributed by atoms with Crippen LogP contribution in [0.15, 0.2) is 53.7 Å². The average Bonchev–Trinajstić information content (AvgIpc) is 3.04. The molecule has 2 fully saturated rings. The van der Waals surface area contributed by atoms with E-state index in [1.165, 1.54) is 0 Å². The van der Waals surface area contributed by atoms with Gasteiger partial charge in [0.25, 0.3) is 5.56 Å². The van der Waals surface area contributed by atoms with Gasteiger partial charge in [-0.1, -0.05) is 24.2 Å². The molecule has 0 radical (unpaired) electrons. The standard InChI is InChI=1S/C31H36ClFN8O3/c1-20(16-44-17-29-36-15-25(33)30(42)41-29)38-21-5-7-22(8-6-21)39-28-13-23(24(32)14-35-28)26-3-2-4-27(40-26)37-19-31(18-34)9-11-43-12-10-31/h2-4,13-15,21-22,38H,1,5-12,16-17,19H2,(H,35,39)(H,37,40)(H,36,41,42). The molecule has 3 aromatic rings. The molecule has 13 heteroatoms. The summed E-state index contributed by atoms with van der Waals surface area (Å²) in [6.45, 7) is 6.03. The second-order valence-corrected chi connectivity index (χ2v) is 11.7. The van der Waals surface area contributed by atoms with E-state index in [0.29, 0.717) is 43.4 Å². The third-order valence-corrected chi connectivity index (χ3v) is 8.29. The van der Waals surface area contributed by atoms with Gasteiger partial charge in [-0.25, -0.2) is 15.0 Å². The van der Waals surface area contributed by atoms with Crippen LogP contribution in [0.4, 0.5) is 16.0 Å². The smallest absolute Gasteiger partial charge is 0.287 e. The van der Waals surface area contributed by atoms with Gasteiger partial charge < -0.3 is 30.4 Å². The van der Waals surface area contributed by atoms with E-state index in [1.807, 2.05) is 24.3 Å². The Kier molecular flexibility index (Phi) is 10.4. The summed E-state index contributed by atoms with van der Waals surface area (Å²) in [5.74, 6) is 0.751. The molecule has 1 saturated carbocycles. The number of hydrogen-bond donors (Lipinski definition) is 4. The molecular formula is C31H36ClFN8O3. The SMILES string of the molecule is C=C(COCc1ncc(F)c(=O)[nH]1)NC1CCC(Nc2cc(-c3cccc(NCC4(C#N)CCOCC4)n3)c(Cl)cn2)CC1. The molecule has 4 N–H and O–H groups in total. The van der Waals surface area contributed by atoms with E-state index >= 15 is 0 Å². The highest BCUT2D eigenvalue weighted by Gasteiger charge is 2.32. The number of aromatic nitrogens is 4. The lowest BCUT2D eigenvalue weighted by atomic mass is 9.82. The van der Waals surface area contributed by atoms with Gasteiger partial charge in [0.15, 0.2) is 0 Å². The van der Waals surface area contributed by atoms with E-state index in [9.17, 15) is 14.4 Å². The maximum Gasteiger partial charge on any atom is 0.287 e. The second kappa shape index (κ2) is 14.6. The van der Waals surface area contributed by atoms with E-state index in [1.54, 1.807) is 6.20 Å². The largest absolute Gasteiger partial charge is 0.384 e. The van der Waals surface area contributed by atoms with Crippen LogP contribution in [0, 0.1) is 22.6 Å². The number of pyridine rings is 2. The highest BCUT2D eigenvalue weighted by atomic mass is 35.5. The van der Waals surface area contributed by atoms with Crippen LogP contribution in [0.2, 0.25) is 5.02 Å². The molecule has 11 nitrogen and oxygen atoms in total. The monoisotopic (exact) mass is 622 g/mol. The van der Waals surface area contributed by atoms with Crippen LogP contribution in [-0.2, 0) is 16.1 Å². The van der Waals surface area contributed by atoms with Crippen molar-refractivity contribution < 1.29 is 13.9 Å². The fourth-order valence-corrected chi connectivity index (χ4v) is 5.63. The van der Waals surface area contributed by atoms with Crippen molar-refractivity contribution in [3.8, 4) is 17.3 Å². The minimum atomic E-state index is -0.926. The van der Waals surface area contributed by atoms with Gasteiger partial charge in [-0.05, 0) is 56.7 Å². The topological polar surface area (TPSA) is 150 Å². The molecule has 232 valence electrons. The summed E-state index contributed by atoms with van der Waals surface area (Å²) in [7, 11) is 0. The first-order valence-electron chi connectivity index (χ1n) is 14.7. The summed E-state index contributed by atoms with van der Waals surface area (Å²) in [5.41, 5.74) is 0.956. The summed E-state index contributed by atoms with van der Waals surface area (Å²) in [4.78, 5) is 26.8. The zero-order valence-corrected chi connectivity index (χ0v) is 25.1. The molecule has 5 rings (SSSR count). The minimum Gasteiger partial charge on any atom is -0.384 e. The summed E-state index contributed by atoms with van der Waals surface area (Å²) >= 11 is 6.55. The van der Waals surface area contributed by atoms with Crippen molar-refractivity contribution in [3.05, 3.63) is 76.0 Å². The first-order chi connectivity index (χ1) is 21.3. The number of H-pyrrole nitrogens is 1. The highest BCUT2D eigenvalue weighted by molar-refractivity contribution is 6.33. The molecule has 0 aromatic carbocycles. The molecule has 0 atom stereocenters. The summed E-state index contributed by atoms with van der Waals surface area (Å²) in [6.07, 6.45) is 7.68. The van der Waals surface area contributed by atoms with Gasteiger partial charge in [0.1, 0.15) is 24.1 Å². The zero-order chi connectivity index (χ0) is 30.9. The average molecular weight is 623 g/mol. The van der Waals surface area contributed by atoms with E-state index in [2.05, 4.69) is 43.6 Å². The number of anilines is 2. The van der Waals surface area contributed by atoms with Crippen LogP contribution in [0.25, 0.3) is 11.3 Å². The van der Waals surface area contributed by atoms with E-state index in [-0.39, 0.29) is 31.1 Å². The third kappa shape index (κ3) is 8.31. The Morgan fingerprint density at radius 3 is 2.70 bits per heavy atom. The Labute approximate surface area is 260 Å². The van der Waals surface area contributed by atoms with Crippen LogP contribution in [0.5, 0.6) is 0 Å². The Morgan fingerprint density at radius 2 is 1.95 bits per heavy atom. The Bertz CT molecular complexity index is 1550. The van der Waals surface area contributed by atoms with Gasteiger partial charge in [-0.2, -0.15) is 9.65 Å². The minimum absolute atomic E-state index is 0.0526. The quantitative estimate of drug-likeness (QED) is 0.222. The van der Waals surface area contributed by atoms with Gasteiger partial charge in [0.2, 0.25) is 5.82 Å². The molecule has 4 heterocycles. The van der Waals surface area contributed by atoms with Crippen molar-refractivity contribution >= 4 is 23.2 Å². The first-order valence-corrected chi connectivity index (χ1v) is 15.1. The molecule has 0 amide bonds. The number of hydrogen-bond acceptors (Lipinski definition) is 10. The number of ether oxygens (including phenoxy) is 2. The van der Waals surface area contributed by atoms with Crippen molar-refractivity contribution in [1.82, 2.24) is 25.3 Å². The van der Waals surface area contributed by atoms with Crippen molar-refractivity contribution in [2.45, 2.75) is 57.2 Å². The lowest BCUT2D eigenvalue weighted by Crippen LogP contribution is -2.37. The molecule has 0 bridgehead atoms. The predicted octanol–water partition coefficient (Wildman–Crippen LogP) is 4.79. The lowest BCUT2D eigenvalue weighted by Gasteiger charge is -2.31. The van der Waals surface area contributed by atoms with Crippen LogP contribution >= 0.6 is 11.6 Å². The van der Waals surface area contributed by atoms with Crippen molar-refractivity contribution in [2.24, 2.45) is 5.41 Å². The molecular weight excluding hydrogens is 587 g/mol. The summed E-state index contributed by atoms with van der Waals surface area (Å²) in [5, 5.41) is 20.6. The predicted molar refractivity (Wildman–Crippen MR) is 165 cm³/mol. The normalized spacial score (nSPS) is 19.5. The van der Waals surface area contributed by atoms with E-state index < -0.39 is 16.8 Å². The van der Waals surface area contributed by atoms with Crippen LogP contribution in [0.1, 0.15) is 44.3 Å². The molecule has 1 saturated heterocycles. The molecule has 2 aliphatic rings. The molecule has 0 spiro atoms. The van der Waals surface area contributed by atoms with Crippen LogP contribution < -0.4 is 21.5 Å². The van der Waals surface area contributed by atoms with Crippen molar-refractivity contribution in [1.29, 1.82) is 5.26 Å². The Hall–Kier alpha value is -4.05. The van der Waals surface area contributed by atoms with Crippen molar-refractivity contribution in [2.75, 3.05) is 37.0 Å². The number of nitrogens with one attached hydrogen (secondary N) is 4. The number of nitrogens with zero attached hydrogens (tertiary/aromatic N) is 4. The van der Waals surface area contributed by atoms with Gasteiger partial charge in [-0.3, -0.25) is 4.79 Å². The number of aromatic amines is 1. The van der Waals surface area contributed by atoms with Crippen LogP contribution in [-0.4, -0.2) is 58.4 Å². The Morgan fingerprint density at radius 1 is 1.18 bits per heavy atom. The van der Waals surface area contributed by atoms with E-state index in [4.69, 9.17) is 26.1 Å². The van der Waals surface area contributed by atoms with E-state index in [0.717, 1.165) is 54.7 Å².